The second-order valence-electron chi connectivity index (χ2n) is 5.27. The van der Waals surface area contributed by atoms with Crippen LogP contribution in [-0.2, 0) is 4.79 Å². The van der Waals surface area contributed by atoms with Crippen LogP contribution in [0, 0.1) is 13.8 Å². The highest BCUT2D eigenvalue weighted by molar-refractivity contribution is 6.00. The van der Waals surface area contributed by atoms with E-state index in [2.05, 4.69) is 16.0 Å². The minimum atomic E-state index is -0.192. The molecule has 0 saturated heterocycles. The van der Waals surface area contributed by atoms with Crippen molar-refractivity contribution in [1.82, 2.24) is 5.32 Å². The number of aryl methyl sites for hydroxylation is 1. The number of nitrogens with one attached hydrogen (secondary N) is 3. The molecule has 5 heteroatoms. The topological polar surface area (TPSA) is 70.2 Å². The maximum atomic E-state index is 12.1. The van der Waals surface area contributed by atoms with Gasteiger partial charge >= 0.3 is 0 Å². The number of hydrogen-bond donors (Lipinski definition) is 3. The molecule has 120 valence electrons. The third-order valence-electron chi connectivity index (χ3n) is 3.72. The molecule has 0 heterocycles. The molecule has 0 spiro atoms. The summed E-state index contributed by atoms with van der Waals surface area (Å²) in [6.45, 7) is 4.06. The van der Waals surface area contributed by atoms with Gasteiger partial charge in [-0.3, -0.25) is 9.59 Å². The number of rotatable bonds is 5. The Bertz CT molecular complexity index is 726. The predicted octanol–water partition coefficient (Wildman–Crippen LogP) is 2.71. The Morgan fingerprint density at radius 2 is 1.65 bits per heavy atom. The van der Waals surface area contributed by atoms with Gasteiger partial charge in [-0.25, -0.2) is 0 Å². The van der Waals surface area contributed by atoms with Gasteiger partial charge in [0.2, 0.25) is 5.91 Å². The van der Waals surface area contributed by atoms with Gasteiger partial charge in [-0.1, -0.05) is 24.3 Å². The van der Waals surface area contributed by atoms with Crippen LogP contribution in [0.25, 0.3) is 0 Å². The van der Waals surface area contributed by atoms with E-state index in [-0.39, 0.29) is 18.4 Å². The molecule has 2 rings (SSSR count). The third kappa shape index (κ3) is 4.10. The number of amides is 2. The van der Waals surface area contributed by atoms with Crippen LogP contribution >= 0.6 is 0 Å². The molecule has 23 heavy (non-hydrogen) atoms. The summed E-state index contributed by atoms with van der Waals surface area (Å²) in [7, 11) is 1.58. The fourth-order valence-corrected chi connectivity index (χ4v) is 2.23. The van der Waals surface area contributed by atoms with Crippen LogP contribution in [0.2, 0.25) is 0 Å². The smallest absolute Gasteiger partial charge is 0.253 e. The van der Waals surface area contributed by atoms with E-state index < -0.39 is 0 Å². The summed E-state index contributed by atoms with van der Waals surface area (Å²) in [6, 6.07) is 12.9. The Morgan fingerprint density at radius 3 is 2.39 bits per heavy atom. The van der Waals surface area contributed by atoms with E-state index in [1.807, 2.05) is 38.1 Å². The largest absolute Gasteiger partial charge is 0.376 e. The first-order valence-corrected chi connectivity index (χ1v) is 7.44. The molecular weight excluding hydrogens is 290 g/mol. The van der Waals surface area contributed by atoms with Crippen LogP contribution < -0.4 is 16.0 Å². The lowest BCUT2D eigenvalue weighted by molar-refractivity contribution is -0.114. The highest BCUT2D eigenvalue weighted by Gasteiger charge is 2.11. The van der Waals surface area contributed by atoms with Gasteiger partial charge in [0.15, 0.2) is 0 Å². The summed E-state index contributed by atoms with van der Waals surface area (Å²) < 4.78 is 0. The minimum Gasteiger partial charge on any atom is -0.376 e. The van der Waals surface area contributed by atoms with Crippen LogP contribution in [0.4, 0.5) is 11.4 Å². The van der Waals surface area contributed by atoms with Gasteiger partial charge in [-0.15, -0.1) is 0 Å². The van der Waals surface area contributed by atoms with Crippen molar-refractivity contribution in [3.05, 3.63) is 59.2 Å². The summed E-state index contributed by atoms with van der Waals surface area (Å²) in [6.07, 6.45) is 0. The number of para-hydroxylation sites is 1. The maximum absolute atomic E-state index is 12.1. The van der Waals surface area contributed by atoms with Crippen molar-refractivity contribution in [1.29, 1.82) is 0 Å². The quantitative estimate of drug-likeness (QED) is 0.795. The van der Waals surface area contributed by atoms with Gasteiger partial charge in [-0.05, 0) is 43.2 Å². The number of benzene rings is 2. The molecule has 0 radical (unpaired) electrons. The Labute approximate surface area is 136 Å². The lowest BCUT2D eigenvalue weighted by atomic mass is 10.1. The molecule has 2 amide bonds. The molecule has 0 saturated carbocycles. The molecule has 3 N–H and O–H groups in total. The predicted molar refractivity (Wildman–Crippen MR) is 92.9 cm³/mol. The third-order valence-corrected chi connectivity index (χ3v) is 3.72. The summed E-state index contributed by atoms with van der Waals surface area (Å²) in [5, 5.41) is 8.48. The fourth-order valence-electron chi connectivity index (χ4n) is 2.23. The number of hydrogen-bond acceptors (Lipinski definition) is 3. The van der Waals surface area contributed by atoms with Crippen molar-refractivity contribution in [2.45, 2.75) is 13.8 Å². The summed E-state index contributed by atoms with van der Waals surface area (Å²) >= 11 is 0. The molecule has 0 aliphatic heterocycles. The molecule has 5 nitrogen and oxygen atoms in total. The second-order valence-corrected chi connectivity index (χ2v) is 5.27. The Hall–Kier alpha value is -2.82. The zero-order chi connectivity index (χ0) is 16.8. The van der Waals surface area contributed by atoms with Gasteiger partial charge < -0.3 is 16.0 Å². The number of carbonyl (C=O) groups is 2. The Kier molecular flexibility index (Phi) is 5.36. The molecule has 2 aromatic carbocycles. The van der Waals surface area contributed by atoms with Gasteiger partial charge in [0, 0.05) is 18.4 Å². The first-order valence-electron chi connectivity index (χ1n) is 7.44. The zero-order valence-corrected chi connectivity index (χ0v) is 13.6. The first kappa shape index (κ1) is 16.5. The van der Waals surface area contributed by atoms with Gasteiger partial charge in [-0.2, -0.15) is 0 Å². The molecule has 0 bridgehead atoms. The fraction of sp³-hybridized carbons (Fsp3) is 0.222. The molecule has 0 aromatic heterocycles. The average Bonchev–Trinajstić information content (AvgIpc) is 2.56. The van der Waals surface area contributed by atoms with Crippen molar-refractivity contribution in [3.63, 3.8) is 0 Å². The molecule has 0 unspecified atom stereocenters. The number of carbonyl (C=O) groups excluding carboxylic acids is 2. The van der Waals surface area contributed by atoms with Gasteiger partial charge in [0.1, 0.15) is 0 Å². The highest BCUT2D eigenvalue weighted by Crippen LogP contribution is 2.18. The molecule has 0 atom stereocenters. The van der Waals surface area contributed by atoms with Gasteiger partial charge in [0.05, 0.1) is 12.1 Å². The Morgan fingerprint density at radius 1 is 0.957 bits per heavy atom. The lowest BCUT2D eigenvalue weighted by Gasteiger charge is -2.13. The SMILES string of the molecule is CNC(=O)c1ccccc1NCC(=O)Nc1cccc(C)c1C. The summed E-state index contributed by atoms with van der Waals surface area (Å²) in [5.41, 5.74) is 4.11. The monoisotopic (exact) mass is 311 g/mol. The standard InChI is InChI=1S/C18H21N3O2/c1-12-7-6-10-15(13(12)2)21-17(22)11-20-16-9-5-4-8-14(16)18(23)19-3/h4-10,20H,11H2,1-3H3,(H,19,23)(H,21,22). The van der Waals surface area contributed by atoms with E-state index >= 15 is 0 Å². The van der Waals surface area contributed by atoms with E-state index in [9.17, 15) is 9.59 Å². The second kappa shape index (κ2) is 7.45. The minimum absolute atomic E-state index is 0.0847. The lowest BCUT2D eigenvalue weighted by Crippen LogP contribution is -2.24. The van der Waals surface area contributed by atoms with E-state index in [4.69, 9.17) is 0 Å². The van der Waals surface area contributed by atoms with Crippen molar-refractivity contribution in [2.24, 2.45) is 0 Å². The molecular formula is C18H21N3O2. The Balaban J connectivity index is 2.03. The van der Waals surface area contributed by atoms with Crippen LogP contribution in [0.15, 0.2) is 42.5 Å². The van der Waals surface area contributed by atoms with Crippen LogP contribution in [-0.4, -0.2) is 25.4 Å². The van der Waals surface area contributed by atoms with Crippen molar-refractivity contribution in [3.8, 4) is 0 Å². The highest BCUT2D eigenvalue weighted by atomic mass is 16.2. The van der Waals surface area contributed by atoms with Crippen LogP contribution in [0.3, 0.4) is 0 Å². The van der Waals surface area contributed by atoms with E-state index in [1.165, 1.54) is 0 Å². The van der Waals surface area contributed by atoms with E-state index in [0.717, 1.165) is 16.8 Å². The zero-order valence-electron chi connectivity index (χ0n) is 13.6. The van der Waals surface area contributed by atoms with Crippen LogP contribution in [0.5, 0.6) is 0 Å². The van der Waals surface area contributed by atoms with Crippen LogP contribution in [0.1, 0.15) is 21.5 Å². The maximum Gasteiger partial charge on any atom is 0.253 e. The summed E-state index contributed by atoms with van der Waals surface area (Å²) in [4.78, 5) is 23.9. The first-order chi connectivity index (χ1) is 11.0. The van der Waals surface area contributed by atoms with Crippen molar-refractivity contribution < 1.29 is 9.59 Å². The summed E-state index contributed by atoms with van der Waals surface area (Å²) in [5.74, 6) is -0.353. The molecule has 0 aliphatic carbocycles. The number of anilines is 2. The molecule has 0 fully saturated rings. The van der Waals surface area contributed by atoms with Crippen molar-refractivity contribution >= 4 is 23.2 Å². The normalized spacial score (nSPS) is 10.0. The molecule has 0 aliphatic rings. The average molecular weight is 311 g/mol. The van der Waals surface area contributed by atoms with E-state index in [0.29, 0.717) is 11.3 Å². The van der Waals surface area contributed by atoms with Crippen molar-refractivity contribution in [2.75, 3.05) is 24.2 Å². The van der Waals surface area contributed by atoms with E-state index in [1.54, 1.807) is 25.2 Å². The molecule has 2 aromatic rings. The van der Waals surface area contributed by atoms with Gasteiger partial charge in [0.25, 0.3) is 5.91 Å².